The van der Waals surface area contributed by atoms with E-state index in [2.05, 4.69) is 27.4 Å². The van der Waals surface area contributed by atoms with Gasteiger partial charge in [0.1, 0.15) is 5.75 Å². The minimum atomic E-state index is -0.0573. The van der Waals surface area contributed by atoms with E-state index < -0.39 is 0 Å². The van der Waals surface area contributed by atoms with Crippen LogP contribution in [0.3, 0.4) is 0 Å². The lowest BCUT2D eigenvalue weighted by molar-refractivity contribution is -0.121. The molecule has 22 heavy (non-hydrogen) atoms. The lowest BCUT2D eigenvalue weighted by Gasteiger charge is -2.32. The fourth-order valence-corrected chi connectivity index (χ4v) is 2.29. The van der Waals surface area contributed by atoms with Gasteiger partial charge in [0.25, 0.3) is 0 Å². The Kier molecular flexibility index (Phi) is 6.36. The van der Waals surface area contributed by atoms with Crippen LogP contribution in [0.25, 0.3) is 0 Å². The summed E-state index contributed by atoms with van der Waals surface area (Å²) in [6.45, 7) is 4.97. The predicted octanol–water partition coefficient (Wildman–Crippen LogP) is 0.783. The van der Waals surface area contributed by atoms with Crippen molar-refractivity contribution in [2.24, 2.45) is 5.10 Å². The van der Waals surface area contributed by atoms with E-state index in [0.717, 1.165) is 44.0 Å². The Morgan fingerprint density at radius 2 is 2.14 bits per heavy atom. The van der Waals surface area contributed by atoms with Crippen molar-refractivity contribution >= 4 is 12.1 Å². The molecule has 1 heterocycles. The first-order chi connectivity index (χ1) is 10.7. The van der Waals surface area contributed by atoms with Crippen molar-refractivity contribution in [1.82, 2.24) is 15.2 Å². The van der Waals surface area contributed by atoms with Gasteiger partial charge in [0, 0.05) is 39.1 Å². The third-order valence-corrected chi connectivity index (χ3v) is 3.75. The Morgan fingerprint density at radius 1 is 1.36 bits per heavy atom. The van der Waals surface area contributed by atoms with Crippen molar-refractivity contribution < 1.29 is 9.53 Å². The summed E-state index contributed by atoms with van der Waals surface area (Å²) < 4.78 is 5.14. The molecule has 0 atom stereocenters. The molecule has 1 amide bonds. The highest BCUT2D eigenvalue weighted by Crippen LogP contribution is 2.10. The predicted molar refractivity (Wildman–Crippen MR) is 87.3 cm³/mol. The lowest BCUT2D eigenvalue weighted by atomic mass is 10.2. The van der Waals surface area contributed by atoms with Gasteiger partial charge in [0.2, 0.25) is 5.91 Å². The number of nitrogens with zero attached hydrogens (tertiary/aromatic N) is 3. The third kappa shape index (κ3) is 5.46. The minimum absolute atomic E-state index is 0.0573. The number of amides is 1. The van der Waals surface area contributed by atoms with E-state index in [9.17, 15) is 4.79 Å². The zero-order chi connectivity index (χ0) is 15.8. The number of carbonyl (C=O) groups excluding carboxylic acids is 1. The molecular formula is C16H24N4O2. The first-order valence-electron chi connectivity index (χ1n) is 7.54. The standard InChI is InChI=1S/C16H24N4O2/c1-19-8-10-20(11-9-19)7-6-16(21)18-17-13-14-4-3-5-15(12-14)22-2/h3-5,12-13H,6-11H2,1-2H3,(H,18,21)/b17-13-. The van der Waals surface area contributed by atoms with Gasteiger partial charge in [0.15, 0.2) is 0 Å². The summed E-state index contributed by atoms with van der Waals surface area (Å²) in [5.74, 6) is 0.711. The van der Waals surface area contributed by atoms with Crippen molar-refractivity contribution in [2.45, 2.75) is 6.42 Å². The summed E-state index contributed by atoms with van der Waals surface area (Å²) in [7, 11) is 3.74. The molecule has 0 unspecified atom stereocenters. The first kappa shape index (κ1) is 16.5. The Hall–Kier alpha value is -1.92. The highest BCUT2D eigenvalue weighted by Gasteiger charge is 2.14. The topological polar surface area (TPSA) is 57.2 Å². The average Bonchev–Trinajstić information content (AvgIpc) is 2.54. The molecule has 6 nitrogen and oxygen atoms in total. The average molecular weight is 304 g/mol. The summed E-state index contributed by atoms with van der Waals surface area (Å²) in [6, 6.07) is 7.52. The maximum atomic E-state index is 11.8. The van der Waals surface area contributed by atoms with Crippen LogP contribution in [0.2, 0.25) is 0 Å². The number of carbonyl (C=O) groups is 1. The molecule has 1 aliphatic heterocycles. The van der Waals surface area contributed by atoms with Gasteiger partial charge in [-0.25, -0.2) is 5.43 Å². The van der Waals surface area contributed by atoms with Crippen molar-refractivity contribution in [3.05, 3.63) is 29.8 Å². The van der Waals surface area contributed by atoms with E-state index in [-0.39, 0.29) is 5.91 Å². The van der Waals surface area contributed by atoms with Crippen LogP contribution < -0.4 is 10.2 Å². The molecule has 1 aromatic rings. The number of hydrogen-bond acceptors (Lipinski definition) is 5. The Bertz CT molecular complexity index is 511. The number of ether oxygens (including phenoxy) is 1. The van der Waals surface area contributed by atoms with Crippen LogP contribution in [0.4, 0.5) is 0 Å². The van der Waals surface area contributed by atoms with Gasteiger partial charge in [-0.1, -0.05) is 12.1 Å². The summed E-state index contributed by atoms with van der Waals surface area (Å²) in [6.07, 6.45) is 2.09. The molecule has 1 aromatic carbocycles. The number of hydrogen-bond donors (Lipinski definition) is 1. The van der Waals surface area contributed by atoms with Gasteiger partial charge in [-0.3, -0.25) is 4.79 Å². The van der Waals surface area contributed by atoms with Crippen molar-refractivity contribution in [1.29, 1.82) is 0 Å². The highest BCUT2D eigenvalue weighted by atomic mass is 16.5. The molecule has 0 radical (unpaired) electrons. The van der Waals surface area contributed by atoms with Crippen molar-refractivity contribution in [2.75, 3.05) is 46.9 Å². The van der Waals surface area contributed by atoms with Gasteiger partial charge in [-0.15, -0.1) is 0 Å². The fourth-order valence-electron chi connectivity index (χ4n) is 2.29. The molecule has 0 bridgehead atoms. The maximum absolute atomic E-state index is 11.8. The van der Waals surface area contributed by atoms with Gasteiger partial charge < -0.3 is 14.5 Å². The van der Waals surface area contributed by atoms with Crippen LogP contribution in [0, 0.1) is 0 Å². The van der Waals surface area contributed by atoms with E-state index in [1.54, 1.807) is 13.3 Å². The van der Waals surface area contributed by atoms with Crippen LogP contribution in [-0.2, 0) is 4.79 Å². The largest absolute Gasteiger partial charge is 0.497 e. The van der Waals surface area contributed by atoms with E-state index >= 15 is 0 Å². The van der Waals surface area contributed by atoms with Crippen LogP contribution in [0.1, 0.15) is 12.0 Å². The number of piperazine rings is 1. The van der Waals surface area contributed by atoms with E-state index in [1.165, 1.54) is 0 Å². The zero-order valence-corrected chi connectivity index (χ0v) is 13.3. The molecule has 2 rings (SSSR count). The number of benzene rings is 1. The summed E-state index contributed by atoms with van der Waals surface area (Å²) in [5.41, 5.74) is 3.46. The van der Waals surface area contributed by atoms with Gasteiger partial charge >= 0.3 is 0 Å². The molecule has 0 spiro atoms. The molecule has 0 aromatic heterocycles. The molecule has 1 saturated heterocycles. The Morgan fingerprint density at radius 3 is 2.86 bits per heavy atom. The summed E-state index contributed by atoms with van der Waals surface area (Å²) in [4.78, 5) is 16.4. The molecule has 1 fully saturated rings. The fraction of sp³-hybridized carbons (Fsp3) is 0.500. The second kappa shape index (κ2) is 8.51. The molecule has 120 valence electrons. The molecule has 6 heteroatoms. The molecular weight excluding hydrogens is 280 g/mol. The second-order valence-corrected chi connectivity index (χ2v) is 5.46. The van der Waals surface area contributed by atoms with Crippen LogP contribution >= 0.6 is 0 Å². The first-order valence-corrected chi connectivity index (χ1v) is 7.54. The third-order valence-electron chi connectivity index (χ3n) is 3.75. The normalized spacial score (nSPS) is 16.8. The lowest BCUT2D eigenvalue weighted by Crippen LogP contribution is -2.45. The molecule has 0 saturated carbocycles. The van der Waals surface area contributed by atoms with Crippen molar-refractivity contribution in [3.63, 3.8) is 0 Å². The van der Waals surface area contributed by atoms with Crippen molar-refractivity contribution in [3.8, 4) is 5.75 Å². The zero-order valence-electron chi connectivity index (χ0n) is 13.3. The van der Waals surface area contributed by atoms with Gasteiger partial charge in [0.05, 0.1) is 13.3 Å². The van der Waals surface area contributed by atoms with Crippen LogP contribution in [0.15, 0.2) is 29.4 Å². The molecule has 0 aliphatic carbocycles. The Labute approximate surface area is 131 Å². The van der Waals surface area contributed by atoms with Crippen LogP contribution in [-0.4, -0.2) is 68.8 Å². The second-order valence-electron chi connectivity index (χ2n) is 5.46. The van der Waals surface area contributed by atoms with E-state index in [4.69, 9.17) is 4.74 Å². The smallest absolute Gasteiger partial charge is 0.241 e. The number of nitrogens with one attached hydrogen (secondary N) is 1. The summed E-state index contributed by atoms with van der Waals surface area (Å²) in [5, 5.41) is 3.99. The van der Waals surface area contributed by atoms with E-state index in [1.807, 2.05) is 24.3 Å². The molecule has 1 aliphatic rings. The number of methoxy groups -OCH3 is 1. The van der Waals surface area contributed by atoms with Crippen LogP contribution in [0.5, 0.6) is 5.75 Å². The Balaban J connectivity index is 1.69. The number of likely N-dealkylation sites (N-methyl/N-ethyl adjacent to an activating group) is 1. The highest BCUT2D eigenvalue weighted by molar-refractivity contribution is 5.82. The quantitative estimate of drug-likeness (QED) is 0.623. The maximum Gasteiger partial charge on any atom is 0.241 e. The summed E-state index contributed by atoms with van der Waals surface area (Å²) >= 11 is 0. The number of rotatable bonds is 6. The van der Waals surface area contributed by atoms with E-state index in [0.29, 0.717) is 6.42 Å². The SMILES string of the molecule is COc1cccc(/C=N\NC(=O)CCN2CCN(C)CC2)c1. The molecule has 1 N–H and O–H groups in total. The minimum Gasteiger partial charge on any atom is -0.497 e. The van der Waals surface area contributed by atoms with Gasteiger partial charge in [-0.2, -0.15) is 5.10 Å². The van der Waals surface area contributed by atoms with Gasteiger partial charge in [-0.05, 0) is 24.7 Å². The monoisotopic (exact) mass is 304 g/mol. The number of hydrazone groups is 1.